The van der Waals surface area contributed by atoms with Crippen molar-refractivity contribution in [2.45, 2.75) is 26.3 Å². The lowest BCUT2D eigenvalue weighted by atomic mass is 9.95. The lowest BCUT2D eigenvalue weighted by molar-refractivity contribution is -0.143. The van der Waals surface area contributed by atoms with E-state index >= 15 is 0 Å². The summed E-state index contributed by atoms with van der Waals surface area (Å²) < 4.78 is 4.79. The maximum absolute atomic E-state index is 12.0. The molecule has 0 aliphatic carbocycles. The van der Waals surface area contributed by atoms with Crippen LogP contribution < -0.4 is 11.1 Å². The van der Waals surface area contributed by atoms with Gasteiger partial charge in [0.05, 0.1) is 18.9 Å². The molecular formula is C15H22N2O3. The normalized spacial score (nSPS) is 13.3. The fourth-order valence-electron chi connectivity index (χ4n) is 1.81. The van der Waals surface area contributed by atoms with E-state index in [4.69, 9.17) is 10.5 Å². The van der Waals surface area contributed by atoms with E-state index in [1.165, 1.54) is 0 Å². The molecule has 1 amide bonds. The zero-order chi connectivity index (χ0) is 15.0. The minimum absolute atomic E-state index is 0.161. The molecule has 1 aromatic carbocycles. The van der Waals surface area contributed by atoms with Crippen molar-refractivity contribution in [2.24, 2.45) is 11.7 Å². The Morgan fingerprint density at radius 3 is 2.55 bits per heavy atom. The third-order valence-corrected chi connectivity index (χ3v) is 3.07. The first-order valence-electron chi connectivity index (χ1n) is 6.80. The zero-order valence-electron chi connectivity index (χ0n) is 12.0. The van der Waals surface area contributed by atoms with Crippen molar-refractivity contribution < 1.29 is 14.3 Å². The van der Waals surface area contributed by atoms with Crippen LogP contribution in [0.5, 0.6) is 0 Å². The molecule has 1 aromatic rings. The predicted molar refractivity (Wildman–Crippen MR) is 76.8 cm³/mol. The summed E-state index contributed by atoms with van der Waals surface area (Å²) in [5, 5.41) is 2.70. The van der Waals surface area contributed by atoms with Crippen molar-refractivity contribution in [2.75, 3.05) is 13.2 Å². The first kappa shape index (κ1) is 16.2. The van der Waals surface area contributed by atoms with E-state index in [-0.39, 0.29) is 36.8 Å². The van der Waals surface area contributed by atoms with Gasteiger partial charge in [0.25, 0.3) is 0 Å². The molecule has 5 nitrogen and oxygen atoms in total. The maximum Gasteiger partial charge on any atom is 0.307 e. The Kier molecular flexibility index (Phi) is 6.73. The largest absolute Gasteiger partial charge is 0.466 e. The van der Waals surface area contributed by atoms with E-state index in [0.717, 1.165) is 5.56 Å². The number of nitrogens with two attached hydrogens (primary N) is 1. The Hall–Kier alpha value is -1.88. The Labute approximate surface area is 119 Å². The van der Waals surface area contributed by atoms with E-state index in [1.807, 2.05) is 30.3 Å². The second-order valence-corrected chi connectivity index (χ2v) is 4.57. The molecule has 1 rings (SSSR count). The van der Waals surface area contributed by atoms with Crippen LogP contribution in [0, 0.1) is 5.92 Å². The Morgan fingerprint density at radius 1 is 1.30 bits per heavy atom. The summed E-state index contributed by atoms with van der Waals surface area (Å²) in [6.07, 6.45) is 0.173. The molecule has 0 aliphatic heterocycles. The van der Waals surface area contributed by atoms with Crippen LogP contribution in [-0.4, -0.2) is 25.0 Å². The van der Waals surface area contributed by atoms with Crippen molar-refractivity contribution in [3.05, 3.63) is 35.9 Å². The summed E-state index contributed by atoms with van der Waals surface area (Å²) in [5.41, 5.74) is 6.98. The third-order valence-electron chi connectivity index (χ3n) is 3.07. The molecule has 0 spiro atoms. The van der Waals surface area contributed by atoms with Gasteiger partial charge in [0, 0.05) is 12.6 Å². The third kappa shape index (κ3) is 5.01. The van der Waals surface area contributed by atoms with Crippen LogP contribution >= 0.6 is 0 Å². The van der Waals surface area contributed by atoms with Crippen LogP contribution in [0.15, 0.2) is 30.3 Å². The summed E-state index contributed by atoms with van der Waals surface area (Å²) >= 11 is 0. The Morgan fingerprint density at radius 2 is 1.95 bits per heavy atom. The number of rotatable bonds is 7. The van der Waals surface area contributed by atoms with E-state index < -0.39 is 0 Å². The lowest BCUT2D eigenvalue weighted by Gasteiger charge is -2.19. The lowest BCUT2D eigenvalue weighted by Crippen LogP contribution is -2.36. The highest BCUT2D eigenvalue weighted by Gasteiger charge is 2.21. The molecule has 0 aromatic heterocycles. The minimum atomic E-state index is -0.362. The first-order valence-corrected chi connectivity index (χ1v) is 6.80. The number of hydrogen-bond donors (Lipinski definition) is 2. The molecule has 0 saturated carbocycles. The van der Waals surface area contributed by atoms with Gasteiger partial charge in [-0.1, -0.05) is 37.3 Å². The van der Waals surface area contributed by atoms with Gasteiger partial charge >= 0.3 is 5.97 Å². The molecule has 2 atom stereocenters. The molecule has 0 heterocycles. The van der Waals surface area contributed by atoms with E-state index in [1.54, 1.807) is 13.8 Å². The monoisotopic (exact) mass is 278 g/mol. The highest BCUT2D eigenvalue weighted by molar-refractivity contribution is 5.80. The molecule has 110 valence electrons. The van der Waals surface area contributed by atoms with Crippen LogP contribution in [0.3, 0.4) is 0 Å². The van der Waals surface area contributed by atoms with Gasteiger partial charge in [0.1, 0.15) is 0 Å². The van der Waals surface area contributed by atoms with Crippen molar-refractivity contribution >= 4 is 11.9 Å². The van der Waals surface area contributed by atoms with Gasteiger partial charge in [-0.3, -0.25) is 9.59 Å². The smallest absolute Gasteiger partial charge is 0.307 e. The second kappa shape index (κ2) is 8.32. The molecule has 5 heteroatoms. The fraction of sp³-hybridized carbons (Fsp3) is 0.467. The minimum Gasteiger partial charge on any atom is -0.466 e. The van der Waals surface area contributed by atoms with Gasteiger partial charge in [-0.25, -0.2) is 0 Å². The summed E-state index contributed by atoms with van der Waals surface area (Å²) in [6.45, 7) is 4.14. The van der Waals surface area contributed by atoms with Crippen LogP contribution in [0.1, 0.15) is 31.9 Å². The van der Waals surface area contributed by atoms with Crippen molar-refractivity contribution in [1.29, 1.82) is 0 Å². The molecule has 20 heavy (non-hydrogen) atoms. The number of amides is 1. The maximum atomic E-state index is 12.0. The number of ether oxygens (including phenoxy) is 1. The summed E-state index contributed by atoms with van der Waals surface area (Å²) in [6, 6.07) is 9.11. The first-order chi connectivity index (χ1) is 9.56. The number of esters is 1. The van der Waals surface area contributed by atoms with Crippen molar-refractivity contribution in [3.63, 3.8) is 0 Å². The quantitative estimate of drug-likeness (QED) is 0.739. The number of carbonyl (C=O) groups is 2. The molecule has 0 fully saturated rings. The van der Waals surface area contributed by atoms with E-state index in [0.29, 0.717) is 6.61 Å². The van der Waals surface area contributed by atoms with Crippen molar-refractivity contribution in [3.8, 4) is 0 Å². The van der Waals surface area contributed by atoms with Gasteiger partial charge in [-0.15, -0.1) is 0 Å². The van der Waals surface area contributed by atoms with Crippen LogP contribution in [0.2, 0.25) is 0 Å². The average molecular weight is 278 g/mol. The summed E-state index contributed by atoms with van der Waals surface area (Å²) in [7, 11) is 0. The van der Waals surface area contributed by atoms with Gasteiger partial charge < -0.3 is 15.8 Å². The van der Waals surface area contributed by atoms with Crippen molar-refractivity contribution in [1.82, 2.24) is 5.32 Å². The zero-order valence-corrected chi connectivity index (χ0v) is 12.0. The van der Waals surface area contributed by atoms with Gasteiger partial charge in [-0.2, -0.15) is 0 Å². The predicted octanol–water partition coefficient (Wildman–Crippen LogP) is 1.39. The fourth-order valence-corrected chi connectivity index (χ4v) is 1.81. The van der Waals surface area contributed by atoms with E-state index in [9.17, 15) is 9.59 Å². The number of carbonyl (C=O) groups excluding carboxylic acids is 2. The van der Waals surface area contributed by atoms with Crippen LogP contribution in [-0.2, 0) is 14.3 Å². The SMILES string of the molecule is CCOC(=O)CCNC(=O)C(C)C(N)c1ccccc1. The Balaban J connectivity index is 2.41. The van der Waals surface area contributed by atoms with Crippen LogP contribution in [0.4, 0.5) is 0 Å². The Bertz CT molecular complexity index is 434. The van der Waals surface area contributed by atoms with E-state index in [2.05, 4.69) is 5.32 Å². The van der Waals surface area contributed by atoms with Gasteiger partial charge in [0.2, 0.25) is 5.91 Å². The average Bonchev–Trinajstić information content (AvgIpc) is 2.46. The summed E-state index contributed by atoms with van der Waals surface area (Å²) in [5.74, 6) is -0.835. The molecule has 2 unspecified atom stereocenters. The van der Waals surface area contributed by atoms with Crippen LogP contribution in [0.25, 0.3) is 0 Å². The molecule has 3 N–H and O–H groups in total. The topological polar surface area (TPSA) is 81.4 Å². The number of nitrogens with one attached hydrogen (secondary N) is 1. The summed E-state index contributed by atoms with van der Waals surface area (Å²) in [4.78, 5) is 23.1. The molecular weight excluding hydrogens is 256 g/mol. The second-order valence-electron chi connectivity index (χ2n) is 4.57. The highest BCUT2D eigenvalue weighted by atomic mass is 16.5. The highest BCUT2D eigenvalue weighted by Crippen LogP contribution is 2.18. The number of benzene rings is 1. The molecule has 0 radical (unpaired) electrons. The number of hydrogen-bond acceptors (Lipinski definition) is 4. The van der Waals surface area contributed by atoms with Gasteiger partial charge in [0.15, 0.2) is 0 Å². The molecule has 0 saturated heterocycles. The molecule has 0 aliphatic rings. The molecule has 0 bridgehead atoms. The van der Waals surface area contributed by atoms with Gasteiger partial charge in [-0.05, 0) is 12.5 Å². The standard InChI is InChI=1S/C15H22N2O3/c1-3-20-13(18)9-10-17-15(19)11(2)14(16)12-7-5-4-6-8-12/h4-8,11,14H,3,9-10,16H2,1-2H3,(H,17,19).